The minimum atomic E-state index is -0.0996. The molecule has 1 fully saturated rings. The van der Waals surface area contributed by atoms with Gasteiger partial charge in [-0.15, -0.1) is 0 Å². The Morgan fingerprint density at radius 2 is 2.00 bits per heavy atom. The predicted molar refractivity (Wildman–Crippen MR) is 96.7 cm³/mol. The van der Waals surface area contributed by atoms with Crippen LogP contribution in [0.2, 0.25) is 0 Å². The van der Waals surface area contributed by atoms with Gasteiger partial charge in [-0.05, 0) is 37.0 Å². The molecule has 1 heterocycles. The monoisotopic (exact) mass is 332 g/mol. The van der Waals surface area contributed by atoms with Crippen molar-refractivity contribution in [2.75, 3.05) is 40.3 Å². The molecule has 24 heavy (non-hydrogen) atoms. The number of rotatable bonds is 5. The van der Waals surface area contributed by atoms with Gasteiger partial charge in [0.05, 0.1) is 7.11 Å². The Bertz CT molecular complexity index is 566. The quantitative estimate of drug-likeness (QED) is 0.490. The molecular formula is C18H28N4O2. The van der Waals surface area contributed by atoms with Gasteiger partial charge in [0.15, 0.2) is 5.96 Å². The van der Waals surface area contributed by atoms with Gasteiger partial charge in [0.1, 0.15) is 5.75 Å². The van der Waals surface area contributed by atoms with Gasteiger partial charge in [0.25, 0.3) is 5.91 Å². The fraction of sp³-hybridized carbons (Fsp3) is 0.556. The van der Waals surface area contributed by atoms with Crippen LogP contribution < -0.4 is 15.4 Å². The Balaban J connectivity index is 1.74. The highest BCUT2D eigenvalue weighted by atomic mass is 16.5. The number of likely N-dealkylation sites (tertiary alicyclic amines) is 1. The van der Waals surface area contributed by atoms with Gasteiger partial charge in [-0.25, -0.2) is 0 Å². The maximum Gasteiger partial charge on any atom is 0.251 e. The highest BCUT2D eigenvalue weighted by Crippen LogP contribution is 2.15. The molecule has 0 bridgehead atoms. The molecule has 2 N–H and O–H groups in total. The molecule has 0 atom stereocenters. The van der Waals surface area contributed by atoms with Crippen LogP contribution in [0.5, 0.6) is 5.75 Å². The molecule has 0 aliphatic carbocycles. The number of ether oxygens (including phenoxy) is 1. The van der Waals surface area contributed by atoms with Crippen molar-refractivity contribution in [3.63, 3.8) is 0 Å². The van der Waals surface area contributed by atoms with Crippen molar-refractivity contribution in [2.24, 2.45) is 10.9 Å². The summed E-state index contributed by atoms with van der Waals surface area (Å²) in [5.41, 5.74) is 0.601. The smallest absolute Gasteiger partial charge is 0.251 e. The zero-order chi connectivity index (χ0) is 17.4. The van der Waals surface area contributed by atoms with E-state index < -0.39 is 0 Å². The summed E-state index contributed by atoms with van der Waals surface area (Å²) < 4.78 is 5.14. The number of nitrogens with one attached hydrogen (secondary N) is 2. The van der Waals surface area contributed by atoms with Gasteiger partial charge < -0.3 is 20.3 Å². The Morgan fingerprint density at radius 1 is 1.29 bits per heavy atom. The first kappa shape index (κ1) is 18.1. The van der Waals surface area contributed by atoms with Crippen molar-refractivity contribution in [1.82, 2.24) is 15.5 Å². The Labute approximate surface area is 144 Å². The van der Waals surface area contributed by atoms with Crippen LogP contribution >= 0.6 is 0 Å². The van der Waals surface area contributed by atoms with Crippen LogP contribution in [0.4, 0.5) is 0 Å². The van der Waals surface area contributed by atoms with E-state index in [-0.39, 0.29) is 5.91 Å². The molecule has 2 rings (SSSR count). The maximum atomic E-state index is 12.1. The minimum Gasteiger partial charge on any atom is -0.497 e. The number of methoxy groups -OCH3 is 1. The molecule has 1 saturated heterocycles. The summed E-state index contributed by atoms with van der Waals surface area (Å²) in [6.07, 6.45) is 2.40. The van der Waals surface area contributed by atoms with Crippen LogP contribution in [-0.2, 0) is 0 Å². The van der Waals surface area contributed by atoms with E-state index in [9.17, 15) is 4.79 Å². The average molecular weight is 332 g/mol. The van der Waals surface area contributed by atoms with Gasteiger partial charge in [0, 0.05) is 38.8 Å². The van der Waals surface area contributed by atoms with E-state index in [1.165, 1.54) is 12.8 Å². The standard InChI is InChI=1S/C18H28N4O2/c1-14-7-11-22(12-8-14)18(19-2)21-10-9-20-17(23)15-5-4-6-16(13-15)24-3/h4-6,13-14H,7-12H2,1-3H3,(H,19,21)(H,20,23). The number of benzene rings is 1. The third kappa shape index (κ3) is 5.15. The average Bonchev–Trinajstić information content (AvgIpc) is 2.62. The lowest BCUT2D eigenvalue weighted by Gasteiger charge is -2.32. The Kier molecular flexibility index (Phi) is 6.90. The SMILES string of the molecule is CN=C(NCCNC(=O)c1cccc(OC)c1)N1CCC(C)CC1. The Morgan fingerprint density at radius 3 is 2.67 bits per heavy atom. The van der Waals surface area contributed by atoms with Crippen molar-refractivity contribution in [3.8, 4) is 5.75 Å². The number of piperidine rings is 1. The second kappa shape index (κ2) is 9.15. The first-order valence-corrected chi connectivity index (χ1v) is 8.52. The molecule has 1 aromatic rings. The third-order valence-corrected chi connectivity index (χ3v) is 4.32. The predicted octanol–water partition coefficient (Wildman–Crippen LogP) is 1.73. The van der Waals surface area contributed by atoms with E-state index >= 15 is 0 Å². The highest BCUT2D eigenvalue weighted by Gasteiger charge is 2.18. The molecule has 0 unspecified atom stereocenters. The molecular weight excluding hydrogens is 304 g/mol. The topological polar surface area (TPSA) is 66.0 Å². The number of hydrogen-bond donors (Lipinski definition) is 2. The van der Waals surface area contributed by atoms with Crippen molar-refractivity contribution < 1.29 is 9.53 Å². The summed E-state index contributed by atoms with van der Waals surface area (Å²) in [5, 5.41) is 6.23. The summed E-state index contributed by atoms with van der Waals surface area (Å²) >= 11 is 0. The lowest BCUT2D eigenvalue weighted by molar-refractivity contribution is 0.0954. The van der Waals surface area contributed by atoms with Crippen LogP contribution in [0.3, 0.4) is 0 Å². The van der Waals surface area contributed by atoms with Crippen LogP contribution in [-0.4, -0.2) is 57.1 Å². The van der Waals surface area contributed by atoms with Crippen molar-refractivity contribution >= 4 is 11.9 Å². The molecule has 0 aromatic heterocycles. The van der Waals surface area contributed by atoms with E-state index in [0.29, 0.717) is 24.4 Å². The van der Waals surface area contributed by atoms with E-state index in [0.717, 1.165) is 25.0 Å². The fourth-order valence-electron chi connectivity index (χ4n) is 2.77. The second-order valence-electron chi connectivity index (χ2n) is 6.13. The fourth-order valence-corrected chi connectivity index (χ4v) is 2.77. The second-order valence-corrected chi connectivity index (χ2v) is 6.13. The lowest BCUT2D eigenvalue weighted by atomic mass is 10.00. The zero-order valence-corrected chi connectivity index (χ0v) is 14.8. The summed E-state index contributed by atoms with van der Waals surface area (Å²) in [5.74, 6) is 2.29. The molecule has 6 heteroatoms. The summed E-state index contributed by atoms with van der Waals surface area (Å²) in [6.45, 7) is 5.56. The molecule has 0 saturated carbocycles. The molecule has 1 aliphatic heterocycles. The third-order valence-electron chi connectivity index (χ3n) is 4.32. The van der Waals surface area contributed by atoms with Crippen LogP contribution in [0, 0.1) is 5.92 Å². The van der Waals surface area contributed by atoms with E-state index in [1.54, 1.807) is 26.3 Å². The van der Waals surface area contributed by atoms with Crippen molar-refractivity contribution in [2.45, 2.75) is 19.8 Å². The lowest BCUT2D eigenvalue weighted by Crippen LogP contribution is -2.47. The van der Waals surface area contributed by atoms with Gasteiger partial charge in [0.2, 0.25) is 0 Å². The summed E-state index contributed by atoms with van der Waals surface area (Å²) in [4.78, 5) is 18.7. The normalized spacial score (nSPS) is 16.0. The van der Waals surface area contributed by atoms with Crippen molar-refractivity contribution in [3.05, 3.63) is 29.8 Å². The maximum absolute atomic E-state index is 12.1. The van der Waals surface area contributed by atoms with E-state index in [2.05, 4.69) is 27.4 Å². The van der Waals surface area contributed by atoms with Gasteiger partial charge in [-0.3, -0.25) is 9.79 Å². The Hall–Kier alpha value is -2.24. The number of carbonyl (C=O) groups excluding carboxylic acids is 1. The van der Waals surface area contributed by atoms with Crippen LogP contribution in [0.1, 0.15) is 30.1 Å². The zero-order valence-electron chi connectivity index (χ0n) is 14.8. The number of nitrogens with zero attached hydrogens (tertiary/aromatic N) is 2. The molecule has 1 aromatic carbocycles. The number of hydrogen-bond acceptors (Lipinski definition) is 3. The number of guanidine groups is 1. The highest BCUT2D eigenvalue weighted by molar-refractivity contribution is 5.94. The summed E-state index contributed by atoms with van der Waals surface area (Å²) in [7, 11) is 3.39. The van der Waals surface area contributed by atoms with Gasteiger partial charge in [-0.2, -0.15) is 0 Å². The molecule has 1 aliphatic rings. The van der Waals surface area contributed by atoms with Gasteiger partial charge >= 0.3 is 0 Å². The summed E-state index contributed by atoms with van der Waals surface area (Å²) in [6, 6.07) is 7.14. The molecule has 0 spiro atoms. The largest absolute Gasteiger partial charge is 0.497 e. The molecule has 0 radical (unpaired) electrons. The first-order valence-electron chi connectivity index (χ1n) is 8.52. The molecule has 132 valence electrons. The minimum absolute atomic E-state index is 0.0996. The van der Waals surface area contributed by atoms with Gasteiger partial charge in [-0.1, -0.05) is 13.0 Å². The van der Waals surface area contributed by atoms with E-state index in [1.807, 2.05) is 12.1 Å². The molecule has 6 nitrogen and oxygen atoms in total. The van der Waals surface area contributed by atoms with Crippen LogP contribution in [0.25, 0.3) is 0 Å². The number of amides is 1. The van der Waals surface area contributed by atoms with E-state index in [4.69, 9.17) is 4.74 Å². The number of aliphatic imine (C=N–C) groups is 1. The number of carbonyl (C=O) groups is 1. The molecule has 1 amide bonds. The van der Waals surface area contributed by atoms with Crippen molar-refractivity contribution in [1.29, 1.82) is 0 Å². The first-order chi connectivity index (χ1) is 11.6. The van der Waals surface area contributed by atoms with Crippen LogP contribution in [0.15, 0.2) is 29.3 Å².